The summed E-state index contributed by atoms with van der Waals surface area (Å²) < 4.78 is 21.5. The second-order valence-corrected chi connectivity index (χ2v) is 7.73. The molecule has 1 unspecified atom stereocenters. The molecule has 33 heavy (non-hydrogen) atoms. The predicted molar refractivity (Wildman–Crippen MR) is 121 cm³/mol. The van der Waals surface area contributed by atoms with Crippen LogP contribution in [0.3, 0.4) is 0 Å². The zero-order valence-corrected chi connectivity index (χ0v) is 19.1. The summed E-state index contributed by atoms with van der Waals surface area (Å²) in [5.41, 5.74) is 2.99. The van der Waals surface area contributed by atoms with Crippen molar-refractivity contribution < 1.29 is 28.3 Å². The molecular weight excluding hydrogens is 426 g/mol. The number of nitrogens with one attached hydrogen (secondary N) is 1. The van der Waals surface area contributed by atoms with Gasteiger partial charge in [-0.05, 0) is 51.1 Å². The third-order valence-corrected chi connectivity index (χ3v) is 5.54. The number of hydrogen-bond donors (Lipinski definition) is 1. The summed E-state index contributed by atoms with van der Waals surface area (Å²) in [4.78, 5) is 27.5. The summed E-state index contributed by atoms with van der Waals surface area (Å²) >= 11 is 0. The van der Waals surface area contributed by atoms with E-state index in [0.717, 1.165) is 11.3 Å². The number of fused-ring (bicyclic) bond motifs is 1. The van der Waals surface area contributed by atoms with E-state index < -0.39 is 6.10 Å². The molecule has 2 heterocycles. The Labute approximate surface area is 191 Å². The number of ether oxygens (including phenoxy) is 3. The summed E-state index contributed by atoms with van der Waals surface area (Å²) in [6.45, 7) is 5.63. The minimum Gasteiger partial charge on any atom is -0.497 e. The van der Waals surface area contributed by atoms with Crippen LogP contribution in [-0.2, 0) is 11.3 Å². The molecule has 4 rings (SSSR count). The number of nitrogens with zero attached hydrogens (tertiary/aromatic N) is 2. The molecule has 1 aromatic heterocycles. The fraction of sp³-hybridized carbons (Fsp3) is 0.292. The number of amides is 2. The summed E-state index contributed by atoms with van der Waals surface area (Å²) in [6.07, 6.45) is -0.636. The zero-order chi connectivity index (χ0) is 23.7. The molecule has 1 aliphatic rings. The monoisotopic (exact) mass is 451 g/mol. The van der Waals surface area contributed by atoms with Gasteiger partial charge < -0.3 is 29.0 Å². The van der Waals surface area contributed by atoms with Gasteiger partial charge >= 0.3 is 0 Å². The first-order chi connectivity index (χ1) is 15.8. The quantitative estimate of drug-likeness (QED) is 0.607. The minimum absolute atomic E-state index is 0.191. The van der Waals surface area contributed by atoms with Gasteiger partial charge in [-0.1, -0.05) is 5.16 Å². The summed E-state index contributed by atoms with van der Waals surface area (Å²) in [7, 11) is 3.04. The van der Waals surface area contributed by atoms with Crippen molar-refractivity contribution in [3.63, 3.8) is 0 Å². The van der Waals surface area contributed by atoms with Crippen LogP contribution in [0.2, 0.25) is 0 Å². The van der Waals surface area contributed by atoms with E-state index in [0.29, 0.717) is 39.9 Å². The number of aryl methyl sites for hydroxylation is 2. The highest BCUT2D eigenvalue weighted by atomic mass is 16.5. The summed E-state index contributed by atoms with van der Waals surface area (Å²) in [5, 5.41) is 6.84. The summed E-state index contributed by atoms with van der Waals surface area (Å²) in [6, 6.07) is 10.1. The van der Waals surface area contributed by atoms with Gasteiger partial charge in [-0.25, -0.2) is 0 Å². The van der Waals surface area contributed by atoms with Crippen molar-refractivity contribution in [3.8, 4) is 17.2 Å². The Bertz CT molecular complexity index is 1180. The molecule has 172 valence electrons. The number of aromatic nitrogens is 1. The van der Waals surface area contributed by atoms with Gasteiger partial charge in [0.15, 0.2) is 6.10 Å². The molecule has 0 bridgehead atoms. The van der Waals surface area contributed by atoms with Crippen LogP contribution in [0.5, 0.6) is 17.2 Å². The van der Waals surface area contributed by atoms with Crippen LogP contribution in [0.1, 0.15) is 34.3 Å². The van der Waals surface area contributed by atoms with Gasteiger partial charge in [0.05, 0.1) is 32.1 Å². The van der Waals surface area contributed by atoms with Gasteiger partial charge in [0.1, 0.15) is 23.0 Å². The largest absolute Gasteiger partial charge is 0.497 e. The van der Waals surface area contributed by atoms with E-state index in [1.165, 1.54) is 14.2 Å². The fourth-order valence-electron chi connectivity index (χ4n) is 3.68. The molecular formula is C24H25N3O6. The second kappa shape index (κ2) is 8.85. The van der Waals surface area contributed by atoms with E-state index in [2.05, 4.69) is 10.5 Å². The van der Waals surface area contributed by atoms with Crippen molar-refractivity contribution in [3.05, 3.63) is 59.0 Å². The number of rotatable bonds is 6. The normalized spacial score (nSPS) is 15.0. The van der Waals surface area contributed by atoms with Gasteiger partial charge in [-0.3, -0.25) is 9.59 Å². The third kappa shape index (κ3) is 4.34. The minimum atomic E-state index is -0.636. The van der Waals surface area contributed by atoms with Gasteiger partial charge in [0.25, 0.3) is 11.8 Å². The fourth-order valence-corrected chi connectivity index (χ4v) is 3.68. The molecule has 9 nitrogen and oxygen atoms in total. The molecule has 1 atom stereocenters. The standard InChI is InChI=1S/C24H25N3O6/c1-13-20(14(2)33-26-13)12-27-21-10-17(6-7-22(21)32-15(3)24(27)29)25-23(28)16-8-18(30-4)11-19(9-16)31-5/h6-11,15H,12H2,1-5H3,(H,25,28). The molecule has 9 heteroatoms. The Balaban J connectivity index is 1.65. The first-order valence-electron chi connectivity index (χ1n) is 10.4. The molecule has 2 amide bonds. The number of benzene rings is 2. The lowest BCUT2D eigenvalue weighted by Gasteiger charge is -2.33. The molecule has 1 aliphatic heterocycles. The first-order valence-corrected chi connectivity index (χ1v) is 10.4. The highest BCUT2D eigenvalue weighted by Gasteiger charge is 2.33. The highest BCUT2D eigenvalue weighted by Crippen LogP contribution is 2.38. The van der Waals surface area contributed by atoms with E-state index >= 15 is 0 Å². The van der Waals surface area contributed by atoms with Crippen molar-refractivity contribution in [2.75, 3.05) is 24.4 Å². The van der Waals surface area contributed by atoms with Crippen molar-refractivity contribution in [1.82, 2.24) is 5.16 Å². The van der Waals surface area contributed by atoms with Crippen LogP contribution in [0.4, 0.5) is 11.4 Å². The highest BCUT2D eigenvalue weighted by molar-refractivity contribution is 6.06. The predicted octanol–water partition coefficient (Wildman–Crippen LogP) is 3.88. The second-order valence-electron chi connectivity index (χ2n) is 7.73. The van der Waals surface area contributed by atoms with Crippen LogP contribution >= 0.6 is 0 Å². The molecule has 0 saturated heterocycles. The Morgan fingerprint density at radius 3 is 2.42 bits per heavy atom. The third-order valence-electron chi connectivity index (χ3n) is 5.54. The van der Waals surface area contributed by atoms with E-state index in [4.69, 9.17) is 18.7 Å². The Kier molecular flexibility index (Phi) is 5.95. The number of methoxy groups -OCH3 is 2. The van der Waals surface area contributed by atoms with Crippen molar-refractivity contribution >= 4 is 23.2 Å². The van der Waals surface area contributed by atoms with Gasteiger partial charge in [0, 0.05) is 22.9 Å². The topological polar surface area (TPSA) is 103 Å². The van der Waals surface area contributed by atoms with Gasteiger partial charge in [0.2, 0.25) is 0 Å². The maximum atomic E-state index is 13.0. The smallest absolute Gasteiger partial charge is 0.268 e. The SMILES string of the molecule is COc1cc(OC)cc(C(=O)Nc2ccc3c(c2)N(Cc2c(C)noc2C)C(=O)C(C)O3)c1. The maximum Gasteiger partial charge on any atom is 0.268 e. The van der Waals surface area contributed by atoms with Crippen LogP contribution in [0, 0.1) is 13.8 Å². The lowest BCUT2D eigenvalue weighted by atomic mass is 10.1. The molecule has 1 N–H and O–H groups in total. The van der Waals surface area contributed by atoms with E-state index in [9.17, 15) is 9.59 Å². The molecule has 0 aliphatic carbocycles. The van der Waals surface area contributed by atoms with Crippen LogP contribution < -0.4 is 24.4 Å². The Morgan fingerprint density at radius 2 is 1.82 bits per heavy atom. The number of anilines is 2. The van der Waals surface area contributed by atoms with E-state index in [1.54, 1.807) is 48.2 Å². The summed E-state index contributed by atoms with van der Waals surface area (Å²) in [5.74, 6) is 1.67. The van der Waals surface area contributed by atoms with Crippen LogP contribution in [-0.4, -0.2) is 37.3 Å². The van der Waals surface area contributed by atoms with Crippen LogP contribution in [0.25, 0.3) is 0 Å². The molecule has 3 aromatic rings. The Morgan fingerprint density at radius 1 is 1.12 bits per heavy atom. The molecule has 0 radical (unpaired) electrons. The molecule has 0 spiro atoms. The average molecular weight is 451 g/mol. The number of carbonyl (C=O) groups excluding carboxylic acids is 2. The molecule has 0 saturated carbocycles. The van der Waals surface area contributed by atoms with Crippen molar-refractivity contribution in [2.45, 2.75) is 33.4 Å². The maximum absolute atomic E-state index is 13.0. The first kappa shape index (κ1) is 22.2. The lowest BCUT2D eigenvalue weighted by Crippen LogP contribution is -2.44. The van der Waals surface area contributed by atoms with Gasteiger partial charge in [-0.15, -0.1) is 0 Å². The number of carbonyl (C=O) groups is 2. The van der Waals surface area contributed by atoms with E-state index in [1.807, 2.05) is 13.8 Å². The lowest BCUT2D eigenvalue weighted by molar-refractivity contribution is -0.125. The number of hydrogen-bond acceptors (Lipinski definition) is 7. The average Bonchev–Trinajstić information content (AvgIpc) is 3.13. The molecule has 0 fully saturated rings. The van der Waals surface area contributed by atoms with Crippen molar-refractivity contribution in [1.29, 1.82) is 0 Å². The molecule has 2 aromatic carbocycles. The zero-order valence-electron chi connectivity index (χ0n) is 19.1. The Hall–Kier alpha value is -4.01. The van der Waals surface area contributed by atoms with E-state index in [-0.39, 0.29) is 18.4 Å². The van der Waals surface area contributed by atoms with Crippen LogP contribution in [0.15, 0.2) is 40.9 Å². The van der Waals surface area contributed by atoms with Gasteiger partial charge in [-0.2, -0.15) is 0 Å². The van der Waals surface area contributed by atoms with Crippen molar-refractivity contribution in [2.24, 2.45) is 0 Å².